The summed E-state index contributed by atoms with van der Waals surface area (Å²) >= 11 is 0. The second-order valence-electron chi connectivity index (χ2n) is 13.0. The quantitative estimate of drug-likeness (QED) is 0.113. The number of hydrogen-bond donors (Lipinski definition) is 0. The molecule has 2 aliphatic heterocycles. The summed E-state index contributed by atoms with van der Waals surface area (Å²) in [6, 6.07) is 17.2. The molecule has 0 saturated carbocycles. The van der Waals surface area contributed by atoms with E-state index in [0.29, 0.717) is 19.3 Å². The van der Waals surface area contributed by atoms with E-state index in [1.54, 1.807) is 0 Å². The van der Waals surface area contributed by atoms with E-state index < -0.39 is 9.84 Å². The fraction of sp³-hybridized carbons (Fsp3) is 0.385. The molecule has 238 valence electrons. The Labute approximate surface area is 271 Å². The van der Waals surface area contributed by atoms with Crippen LogP contribution in [0.5, 0.6) is 0 Å². The minimum absolute atomic E-state index is 0.00678. The Hall–Kier alpha value is -3.77. The fourth-order valence-electron chi connectivity index (χ4n) is 6.62. The molecular weight excluding hydrogens is 577 g/mol. The number of ketones is 1. The average Bonchev–Trinajstić information content (AvgIpc) is 3.34. The van der Waals surface area contributed by atoms with Crippen LogP contribution in [0.25, 0.3) is 0 Å². The Bertz CT molecular complexity index is 1670. The monoisotopic (exact) mass is 625 g/mol. The van der Waals surface area contributed by atoms with Gasteiger partial charge in [-0.15, -0.1) is 0 Å². The normalized spacial score (nSPS) is 18.1. The van der Waals surface area contributed by atoms with Crippen LogP contribution >= 0.6 is 0 Å². The zero-order valence-electron chi connectivity index (χ0n) is 27.6. The maximum Gasteiger partial charge on any atom is 0.209 e. The van der Waals surface area contributed by atoms with Crippen LogP contribution in [0.4, 0.5) is 11.4 Å². The van der Waals surface area contributed by atoms with E-state index in [1.165, 1.54) is 33.9 Å². The molecule has 0 aromatic heterocycles. The van der Waals surface area contributed by atoms with Crippen molar-refractivity contribution in [3.63, 3.8) is 0 Å². The Morgan fingerprint density at radius 1 is 0.822 bits per heavy atom. The number of para-hydroxylation sites is 2. The topological polar surface area (TPSA) is 57.5 Å². The predicted octanol–water partition coefficient (Wildman–Crippen LogP) is 8.51. The number of hydrogen-bond acceptors (Lipinski definition) is 4. The standard InChI is InChI=1S/C39H49N2O3S/c1-7-45(43,44)30-20-22-31(42)21-12-11-19-29-41-35-26-18-16-24-33(35)39(4,5)37(41)28-14-10-8-9-13-27-36-38(2,3)32-23-15-17-25-34(32)40(36)6/h7-10,13-18,23-28H,1,11-12,19-22,29-30H2,2-6H3/q+1. The van der Waals surface area contributed by atoms with Crippen molar-refractivity contribution in [2.24, 2.45) is 0 Å². The highest BCUT2D eigenvalue weighted by Gasteiger charge is 2.42. The van der Waals surface area contributed by atoms with Gasteiger partial charge >= 0.3 is 0 Å². The molecule has 4 rings (SSSR count). The summed E-state index contributed by atoms with van der Waals surface area (Å²) in [6.07, 6.45) is 18.9. The van der Waals surface area contributed by atoms with Crippen molar-refractivity contribution >= 4 is 32.7 Å². The van der Waals surface area contributed by atoms with Gasteiger partial charge in [-0.3, -0.25) is 4.79 Å². The highest BCUT2D eigenvalue weighted by atomic mass is 32.2. The smallest absolute Gasteiger partial charge is 0.209 e. The van der Waals surface area contributed by atoms with Crippen molar-refractivity contribution in [2.45, 2.75) is 77.0 Å². The van der Waals surface area contributed by atoms with Crippen LogP contribution in [0.1, 0.15) is 77.3 Å². The summed E-state index contributed by atoms with van der Waals surface area (Å²) in [4.78, 5) is 14.7. The van der Waals surface area contributed by atoms with E-state index in [0.717, 1.165) is 31.2 Å². The Balaban J connectivity index is 1.34. The van der Waals surface area contributed by atoms with Gasteiger partial charge in [-0.1, -0.05) is 93.6 Å². The molecular formula is C39H49N2O3S+. The first-order valence-corrected chi connectivity index (χ1v) is 17.8. The molecule has 2 aliphatic rings. The van der Waals surface area contributed by atoms with Gasteiger partial charge < -0.3 is 4.90 Å². The van der Waals surface area contributed by atoms with Gasteiger partial charge in [-0.25, -0.2) is 8.42 Å². The highest BCUT2D eigenvalue weighted by Crippen LogP contribution is 2.47. The van der Waals surface area contributed by atoms with Crippen LogP contribution in [0, 0.1) is 0 Å². The molecule has 0 radical (unpaired) electrons. The predicted molar refractivity (Wildman–Crippen MR) is 189 cm³/mol. The van der Waals surface area contributed by atoms with E-state index in [1.807, 2.05) is 0 Å². The van der Waals surface area contributed by atoms with Gasteiger partial charge in [0.2, 0.25) is 5.69 Å². The van der Waals surface area contributed by atoms with Crippen LogP contribution < -0.4 is 4.90 Å². The molecule has 2 aromatic carbocycles. The van der Waals surface area contributed by atoms with Crippen LogP contribution in [-0.2, 0) is 25.5 Å². The van der Waals surface area contributed by atoms with Crippen molar-refractivity contribution < 1.29 is 17.8 Å². The fourth-order valence-corrected chi connectivity index (χ4v) is 7.33. The van der Waals surface area contributed by atoms with Crippen LogP contribution in [0.2, 0.25) is 0 Å². The number of fused-ring (bicyclic) bond motifs is 2. The lowest BCUT2D eigenvalue weighted by atomic mass is 9.81. The lowest BCUT2D eigenvalue weighted by Crippen LogP contribution is -2.27. The van der Waals surface area contributed by atoms with Crippen LogP contribution in [0.15, 0.2) is 109 Å². The third kappa shape index (κ3) is 7.91. The molecule has 2 aromatic rings. The number of carbonyl (C=O) groups is 1. The van der Waals surface area contributed by atoms with Gasteiger partial charge in [0, 0.05) is 59.3 Å². The number of unbranched alkanes of at least 4 members (excludes halogenated alkanes) is 2. The van der Waals surface area contributed by atoms with Crippen molar-refractivity contribution in [3.8, 4) is 0 Å². The maximum absolute atomic E-state index is 12.2. The second kappa shape index (κ2) is 14.6. The summed E-state index contributed by atoms with van der Waals surface area (Å²) in [5.41, 5.74) is 7.61. The zero-order valence-corrected chi connectivity index (χ0v) is 28.4. The maximum atomic E-state index is 12.2. The lowest BCUT2D eigenvalue weighted by Gasteiger charge is -2.27. The number of sulfone groups is 1. The first-order chi connectivity index (χ1) is 21.4. The molecule has 0 atom stereocenters. The van der Waals surface area contributed by atoms with E-state index in [-0.39, 0.29) is 22.4 Å². The zero-order chi connectivity index (χ0) is 32.7. The van der Waals surface area contributed by atoms with Gasteiger partial charge in [0.25, 0.3) is 0 Å². The molecule has 2 heterocycles. The average molecular weight is 626 g/mol. The van der Waals surface area contributed by atoms with Crippen molar-refractivity contribution in [2.75, 3.05) is 24.2 Å². The van der Waals surface area contributed by atoms with Crippen molar-refractivity contribution in [3.05, 3.63) is 120 Å². The van der Waals surface area contributed by atoms with Crippen molar-refractivity contribution in [1.29, 1.82) is 0 Å². The number of anilines is 1. The molecule has 0 N–H and O–H groups in total. The van der Waals surface area contributed by atoms with Crippen molar-refractivity contribution in [1.82, 2.24) is 0 Å². The van der Waals surface area contributed by atoms with E-state index in [2.05, 4.69) is 142 Å². The van der Waals surface area contributed by atoms with Gasteiger partial charge in [0.05, 0.1) is 11.2 Å². The molecule has 0 saturated heterocycles. The van der Waals surface area contributed by atoms with Gasteiger partial charge in [0.15, 0.2) is 15.5 Å². The lowest BCUT2D eigenvalue weighted by molar-refractivity contribution is -0.401. The minimum Gasteiger partial charge on any atom is -0.344 e. The molecule has 0 unspecified atom stereocenters. The Morgan fingerprint density at radius 3 is 2.20 bits per heavy atom. The van der Waals surface area contributed by atoms with Gasteiger partial charge in [0.1, 0.15) is 12.8 Å². The third-order valence-corrected chi connectivity index (χ3v) is 10.5. The number of allylic oxidation sites excluding steroid dienone is 8. The minimum atomic E-state index is -3.24. The van der Waals surface area contributed by atoms with Crippen LogP contribution in [0.3, 0.4) is 0 Å². The molecule has 45 heavy (non-hydrogen) atoms. The number of rotatable bonds is 15. The summed E-state index contributed by atoms with van der Waals surface area (Å²) in [5.74, 6) is 0.130. The molecule has 0 bridgehead atoms. The molecule has 0 fully saturated rings. The van der Waals surface area contributed by atoms with E-state index in [9.17, 15) is 13.2 Å². The summed E-state index contributed by atoms with van der Waals surface area (Å²) in [7, 11) is -1.10. The summed E-state index contributed by atoms with van der Waals surface area (Å²) in [6.45, 7) is 13.3. The van der Waals surface area contributed by atoms with E-state index >= 15 is 0 Å². The van der Waals surface area contributed by atoms with Crippen LogP contribution in [-0.4, -0.2) is 43.8 Å². The number of benzene rings is 2. The molecule has 0 amide bonds. The van der Waals surface area contributed by atoms with Gasteiger partial charge in [-0.2, -0.15) is 4.58 Å². The van der Waals surface area contributed by atoms with Gasteiger partial charge in [-0.05, 0) is 50.8 Å². The SMILES string of the molecule is C=CS(=O)(=O)CCCC(=O)CCCCCN1/C(=C/C=C/C=C/C=C/C2=[N+](C)c3ccccc3C2(C)C)C(C)(C)c2ccccc21. The van der Waals surface area contributed by atoms with E-state index in [4.69, 9.17) is 0 Å². The molecule has 5 nitrogen and oxygen atoms in total. The molecule has 0 spiro atoms. The summed E-state index contributed by atoms with van der Waals surface area (Å²) in [5, 5.41) is 0.970. The molecule has 0 aliphatic carbocycles. The summed E-state index contributed by atoms with van der Waals surface area (Å²) < 4.78 is 25.4. The number of carbonyl (C=O) groups excluding carboxylic acids is 1. The Morgan fingerprint density at radius 2 is 1.47 bits per heavy atom. The number of nitrogens with zero attached hydrogens (tertiary/aromatic N) is 2. The molecule has 6 heteroatoms. The highest BCUT2D eigenvalue weighted by molar-refractivity contribution is 7.94. The third-order valence-electron chi connectivity index (χ3n) is 9.17. The first-order valence-electron chi connectivity index (χ1n) is 16.1. The number of Topliss-reactive ketones (excluding diaryl/α,β-unsaturated/α-hetero) is 1. The Kier molecular flexibility index (Phi) is 11.0. The largest absolute Gasteiger partial charge is 0.344 e. The first kappa shape index (κ1) is 34.1. The second-order valence-corrected chi connectivity index (χ2v) is 15.1.